The third kappa shape index (κ3) is 5.99. The third-order valence-corrected chi connectivity index (χ3v) is 6.94. The van der Waals surface area contributed by atoms with Gasteiger partial charge in [-0.1, -0.05) is 11.8 Å². The van der Waals surface area contributed by atoms with Gasteiger partial charge in [0.05, 0.1) is 17.0 Å². The lowest BCUT2D eigenvalue weighted by molar-refractivity contribution is 0.0526. The standard InChI is InChI=1S/C22H24N2O3S3/c1-4-27-20(25)15-5-7-16(8-6-15)23-21(28)24-13-14-29-19(24)18-10-9-17(30-18)11-12-22(2,3)26/h5-10,19,26H,4,13-14H2,1-3H3,(H,23,28). The zero-order chi connectivity index (χ0) is 21.7. The molecule has 1 saturated heterocycles. The Morgan fingerprint density at radius 1 is 1.33 bits per heavy atom. The topological polar surface area (TPSA) is 61.8 Å². The molecular weight excluding hydrogens is 436 g/mol. The third-order valence-electron chi connectivity index (χ3n) is 4.16. The van der Waals surface area contributed by atoms with Crippen LogP contribution in [0.5, 0.6) is 0 Å². The van der Waals surface area contributed by atoms with E-state index in [0.717, 1.165) is 22.9 Å². The van der Waals surface area contributed by atoms with Crippen molar-refractivity contribution in [1.82, 2.24) is 4.90 Å². The van der Waals surface area contributed by atoms with E-state index in [0.29, 0.717) is 17.3 Å². The van der Waals surface area contributed by atoms with Crippen molar-refractivity contribution in [2.45, 2.75) is 31.7 Å². The number of anilines is 1. The van der Waals surface area contributed by atoms with Crippen LogP contribution in [0.1, 0.15) is 46.3 Å². The molecule has 2 heterocycles. The summed E-state index contributed by atoms with van der Waals surface area (Å²) in [4.78, 5) is 16.1. The number of esters is 1. The van der Waals surface area contributed by atoms with Gasteiger partial charge in [-0.15, -0.1) is 23.1 Å². The predicted molar refractivity (Wildman–Crippen MR) is 128 cm³/mol. The van der Waals surface area contributed by atoms with Crippen LogP contribution in [0.4, 0.5) is 5.69 Å². The Morgan fingerprint density at radius 3 is 2.73 bits per heavy atom. The van der Waals surface area contributed by atoms with Crippen LogP contribution in [-0.2, 0) is 4.74 Å². The average Bonchev–Trinajstić information content (AvgIpc) is 3.36. The lowest BCUT2D eigenvalue weighted by atomic mass is 10.1. The molecule has 2 N–H and O–H groups in total. The summed E-state index contributed by atoms with van der Waals surface area (Å²) in [6.07, 6.45) is 0. The van der Waals surface area contributed by atoms with Crippen LogP contribution in [0.2, 0.25) is 0 Å². The molecule has 0 bridgehead atoms. The fourth-order valence-corrected chi connectivity index (χ4v) is 5.53. The van der Waals surface area contributed by atoms with Gasteiger partial charge in [0.1, 0.15) is 11.0 Å². The molecule has 30 heavy (non-hydrogen) atoms. The fourth-order valence-electron chi connectivity index (χ4n) is 2.78. The highest BCUT2D eigenvalue weighted by molar-refractivity contribution is 7.99. The van der Waals surface area contributed by atoms with Crippen molar-refractivity contribution in [3.05, 3.63) is 51.7 Å². The quantitative estimate of drug-likeness (QED) is 0.396. The summed E-state index contributed by atoms with van der Waals surface area (Å²) >= 11 is 9.12. The van der Waals surface area contributed by atoms with Gasteiger partial charge in [-0.2, -0.15) is 0 Å². The second-order valence-corrected chi connectivity index (χ2v) is 9.85. The molecule has 1 aromatic heterocycles. The molecule has 0 aliphatic carbocycles. The summed E-state index contributed by atoms with van der Waals surface area (Å²) < 4.78 is 5.01. The molecule has 1 aliphatic heterocycles. The minimum absolute atomic E-state index is 0.131. The Hall–Kier alpha value is -2.05. The number of rotatable bonds is 4. The molecule has 3 rings (SSSR count). The van der Waals surface area contributed by atoms with Gasteiger partial charge in [0.25, 0.3) is 0 Å². The normalized spacial score (nSPS) is 16.0. The number of hydrogen-bond acceptors (Lipinski definition) is 6. The average molecular weight is 461 g/mol. The monoisotopic (exact) mass is 460 g/mol. The molecule has 1 aromatic carbocycles. The van der Waals surface area contributed by atoms with E-state index in [1.54, 1.807) is 44.2 Å². The van der Waals surface area contributed by atoms with Gasteiger partial charge >= 0.3 is 5.97 Å². The summed E-state index contributed by atoms with van der Waals surface area (Å²) in [7, 11) is 0. The Morgan fingerprint density at radius 2 is 2.07 bits per heavy atom. The molecule has 2 aromatic rings. The van der Waals surface area contributed by atoms with E-state index in [9.17, 15) is 9.90 Å². The van der Waals surface area contributed by atoms with Gasteiger partial charge in [-0.05, 0) is 69.4 Å². The van der Waals surface area contributed by atoms with Gasteiger partial charge < -0.3 is 20.1 Å². The maximum absolute atomic E-state index is 11.8. The molecule has 1 unspecified atom stereocenters. The number of carbonyl (C=O) groups excluding carboxylic acids is 1. The Kier molecular flexibility index (Phi) is 7.42. The molecule has 0 spiro atoms. The number of benzene rings is 1. The number of nitrogens with one attached hydrogen (secondary N) is 1. The Bertz CT molecular complexity index is 968. The van der Waals surface area contributed by atoms with E-state index in [4.69, 9.17) is 17.0 Å². The summed E-state index contributed by atoms with van der Waals surface area (Å²) in [5.74, 6) is 6.55. The molecule has 0 saturated carbocycles. The highest BCUT2D eigenvalue weighted by Crippen LogP contribution is 2.41. The first-order chi connectivity index (χ1) is 14.3. The second kappa shape index (κ2) is 9.84. The molecule has 1 atom stereocenters. The SMILES string of the molecule is CCOC(=O)c1ccc(NC(=S)N2CCSC2c2ccc(C#CC(C)(C)O)s2)cc1. The second-order valence-electron chi connectivity index (χ2n) is 7.16. The van der Waals surface area contributed by atoms with E-state index in [2.05, 4.69) is 28.1 Å². The van der Waals surface area contributed by atoms with E-state index >= 15 is 0 Å². The number of thiocarbonyl (C=S) groups is 1. The van der Waals surface area contributed by atoms with Gasteiger partial charge in [0.2, 0.25) is 0 Å². The van der Waals surface area contributed by atoms with E-state index in [1.165, 1.54) is 4.88 Å². The van der Waals surface area contributed by atoms with Crippen LogP contribution in [0, 0.1) is 11.8 Å². The highest BCUT2D eigenvalue weighted by atomic mass is 32.2. The van der Waals surface area contributed by atoms with Crippen LogP contribution in [-0.4, -0.2) is 45.6 Å². The van der Waals surface area contributed by atoms with Crippen molar-refractivity contribution >= 4 is 52.1 Å². The summed E-state index contributed by atoms with van der Waals surface area (Å²) in [6.45, 7) is 6.33. The largest absolute Gasteiger partial charge is 0.462 e. The molecule has 158 valence electrons. The number of thioether (sulfide) groups is 1. The summed E-state index contributed by atoms with van der Waals surface area (Å²) in [5.41, 5.74) is 0.333. The Balaban J connectivity index is 1.67. The molecular formula is C22H24N2O3S3. The maximum Gasteiger partial charge on any atom is 0.338 e. The first-order valence-corrected chi connectivity index (χ1v) is 11.9. The van der Waals surface area contributed by atoms with Crippen LogP contribution in [0.25, 0.3) is 0 Å². The number of aliphatic hydroxyl groups is 1. The van der Waals surface area contributed by atoms with Crippen LogP contribution in [0.15, 0.2) is 36.4 Å². The molecule has 0 amide bonds. The van der Waals surface area contributed by atoms with Gasteiger partial charge in [0.15, 0.2) is 5.11 Å². The van der Waals surface area contributed by atoms with Gasteiger partial charge in [-0.3, -0.25) is 0 Å². The summed E-state index contributed by atoms with van der Waals surface area (Å²) in [5, 5.41) is 13.8. The maximum atomic E-state index is 11.8. The Labute approximate surface area is 190 Å². The van der Waals surface area contributed by atoms with Crippen molar-refractivity contribution in [1.29, 1.82) is 0 Å². The number of hydrogen-bond donors (Lipinski definition) is 2. The lowest BCUT2D eigenvalue weighted by Gasteiger charge is -2.26. The predicted octanol–water partition coefficient (Wildman–Crippen LogP) is 4.49. The first kappa shape index (κ1) is 22.6. The van der Waals surface area contributed by atoms with Crippen molar-refractivity contribution in [2.75, 3.05) is 24.2 Å². The van der Waals surface area contributed by atoms with Crippen molar-refractivity contribution in [3.8, 4) is 11.8 Å². The van der Waals surface area contributed by atoms with Crippen LogP contribution < -0.4 is 5.32 Å². The summed E-state index contributed by atoms with van der Waals surface area (Å²) in [6, 6.07) is 11.2. The molecule has 8 heteroatoms. The van der Waals surface area contributed by atoms with E-state index in [-0.39, 0.29) is 11.3 Å². The first-order valence-electron chi connectivity index (χ1n) is 9.58. The number of carbonyl (C=O) groups is 1. The molecule has 1 fully saturated rings. The van der Waals surface area contributed by atoms with Crippen LogP contribution >= 0.6 is 35.3 Å². The van der Waals surface area contributed by atoms with Crippen molar-refractivity contribution in [2.24, 2.45) is 0 Å². The van der Waals surface area contributed by atoms with E-state index in [1.807, 2.05) is 30.0 Å². The fraction of sp³-hybridized carbons (Fsp3) is 0.364. The zero-order valence-electron chi connectivity index (χ0n) is 17.1. The smallest absolute Gasteiger partial charge is 0.338 e. The van der Waals surface area contributed by atoms with Gasteiger partial charge in [-0.25, -0.2) is 4.79 Å². The van der Waals surface area contributed by atoms with E-state index < -0.39 is 5.60 Å². The minimum Gasteiger partial charge on any atom is -0.462 e. The minimum atomic E-state index is -1.01. The molecule has 5 nitrogen and oxygen atoms in total. The number of thiophene rings is 1. The molecule has 0 radical (unpaired) electrons. The number of nitrogens with zero attached hydrogens (tertiary/aromatic N) is 1. The highest BCUT2D eigenvalue weighted by Gasteiger charge is 2.30. The zero-order valence-corrected chi connectivity index (χ0v) is 19.5. The molecule has 1 aliphatic rings. The van der Waals surface area contributed by atoms with Crippen molar-refractivity contribution in [3.63, 3.8) is 0 Å². The van der Waals surface area contributed by atoms with Crippen molar-refractivity contribution < 1.29 is 14.6 Å². The van der Waals surface area contributed by atoms with Gasteiger partial charge in [0, 0.05) is 22.9 Å². The lowest BCUT2D eigenvalue weighted by Crippen LogP contribution is -2.33. The number of ether oxygens (including phenoxy) is 1. The van der Waals surface area contributed by atoms with Crippen LogP contribution in [0.3, 0.4) is 0 Å².